The summed E-state index contributed by atoms with van der Waals surface area (Å²) in [4.78, 5) is 4.18. The van der Waals surface area contributed by atoms with E-state index in [2.05, 4.69) is 10.3 Å². The van der Waals surface area contributed by atoms with Gasteiger partial charge in [-0.3, -0.25) is 0 Å². The molecule has 20 heavy (non-hydrogen) atoms. The largest absolute Gasteiger partial charge is 0.382 e. The molecule has 0 fully saturated rings. The molecule has 0 bridgehead atoms. The summed E-state index contributed by atoms with van der Waals surface area (Å²) in [5.74, 6) is 0.740. The molecule has 0 aliphatic carbocycles. The zero-order valence-electron chi connectivity index (χ0n) is 10.4. The molecule has 0 spiro atoms. The van der Waals surface area contributed by atoms with Crippen LogP contribution in [-0.4, -0.2) is 4.98 Å². The van der Waals surface area contributed by atoms with E-state index < -0.39 is 0 Å². The van der Waals surface area contributed by atoms with Crippen LogP contribution in [0.15, 0.2) is 48.5 Å². The Bertz CT molecular complexity index is 782. The van der Waals surface area contributed by atoms with Crippen LogP contribution in [0.1, 0.15) is 0 Å². The van der Waals surface area contributed by atoms with Gasteiger partial charge in [0.05, 0.1) is 10.0 Å². The van der Waals surface area contributed by atoms with Gasteiger partial charge in [0.1, 0.15) is 5.82 Å². The van der Waals surface area contributed by atoms with Gasteiger partial charge < -0.3 is 11.1 Å². The maximum absolute atomic E-state index is 6.14. The van der Waals surface area contributed by atoms with Crippen LogP contribution >= 0.6 is 23.2 Å². The lowest BCUT2D eigenvalue weighted by molar-refractivity contribution is 1.32. The predicted octanol–water partition coefficient (Wildman–Crippen LogP) is 4.87. The van der Waals surface area contributed by atoms with Gasteiger partial charge >= 0.3 is 0 Å². The van der Waals surface area contributed by atoms with Crippen molar-refractivity contribution in [2.24, 2.45) is 0 Å². The van der Waals surface area contributed by atoms with Crippen molar-refractivity contribution in [3.8, 4) is 0 Å². The second-order valence-corrected chi connectivity index (χ2v) is 5.15. The first-order valence-corrected chi connectivity index (χ1v) is 6.77. The Labute approximate surface area is 126 Å². The zero-order chi connectivity index (χ0) is 14.1. The van der Waals surface area contributed by atoms with Crippen molar-refractivity contribution in [1.82, 2.24) is 4.98 Å². The monoisotopic (exact) mass is 303 g/mol. The fraction of sp³-hybridized carbons (Fsp3) is 0. The minimum absolute atomic E-state index is 0.249. The van der Waals surface area contributed by atoms with Crippen LogP contribution in [0.3, 0.4) is 0 Å². The molecule has 3 nitrogen and oxygen atoms in total. The average Bonchev–Trinajstić information content (AvgIpc) is 2.45. The number of fused-ring (bicyclic) bond motifs is 1. The molecule has 3 N–H and O–H groups in total. The van der Waals surface area contributed by atoms with Gasteiger partial charge in [-0.25, -0.2) is 4.98 Å². The highest BCUT2D eigenvalue weighted by Gasteiger charge is 2.08. The summed E-state index contributed by atoms with van der Waals surface area (Å²) in [7, 11) is 0. The highest BCUT2D eigenvalue weighted by molar-refractivity contribution is 6.37. The third kappa shape index (κ3) is 2.38. The van der Waals surface area contributed by atoms with E-state index in [4.69, 9.17) is 28.9 Å². The van der Waals surface area contributed by atoms with E-state index in [-0.39, 0.29) is 5.82 Å². The third-order valence-corrected chi connectivity index (χ3v) is 3.59. The first-order chi connectivity index (χ1) is 9.65. The maximum atomic E-state index is 6.14. The standard InChI is InChI=1S/C15H11Cl2N3/c16-11-8-12(17)15(20-14(11)18)19-13-7-3-5-9-4-1-2-6-10(9)13/h1-8H,(H3,18,19,20). The number of aromatic nitrogens is 1. The Balaban J connectivity index is 2.08. The van der Waals surface area contributed by atoms with E-state index in [0.717, 1.165) is 16.5 Å². The lowest BCUT2D eigenvalue weighted by Crippen LogP contribution is -1.99. The molecule has 0 atom stereocenters. The molecule has 3 rings (SSSR count). The van der Waals surface area contributed by atoms with E-state index >= 15 is 0 Å². The van der Waals surface area contributed by atoms with Crippen molar-refractivity contribution >= 4 is 51.3 Å². The molecule has 100 valence electrons. The Morgan fingerprint density at radius 1 is 0.950 bits per heavy atom. The minimum atomic E-state index is 0.249. The van der Waals surface area contributed by atoms with Crippen LogP contribution in [0.2, 0.25) is 10.0 Å². The zero-order valence-corrected chi connectivity index (χ0v) is 11.9. The molecule has 1 aromatic heterocycles. The summed E-state index contributed by atoms with van der Waals surface area (Å²) in [5.41, 5.74) is 6.63. The van der Waals surface area contributed by atoms with E-state index in [9.17, 15) is 0 Å². The maximum Gasteiger partial charge on any atom is 0.151 e. The van der Waals surface area contributed by atoms with Crippen LogP contribution in [-0.2, 0) is 0 Å². The van der Waals surface area contributed by atoms with Crippen molar-refractivity contribution in [3.05, 3.63) is 58.6 Å². The van der Waals surface area contributed by atoms with Crippen LogP contribution in [0.25, 0.3) is 10.8 Å². The highest BCUT2D eigenvalue weighted by atomic mass is 35.5. The number of halogens is 2. The highest BCUT2D eigenvalue weighted by Crippen LogP contribution is 2.32. The van der Waals surface area contributed by atoms with Gasteiger partial charge in [0.2, 0.25) is 0 Å². The summed E-state index contributed by atoms with van der Waals surface area (Å²) < 4.78 is 0. The summed E-state index contributed by atoms with van der Waals surface area (Å²) in [6, 6.07) is 15.6. The number of hydrogen-bond donors (Lipinski definition) is 2. The van der Waals surface area contributed by atoms with Gasteiger partial charge in [-0.2, -0.15) is 0 Å². The molecule has 3 aromatic rings. The normalized spacial score (nSPS) is 10.7. The number of anilines is 3. The molecule has 2 aromatic carbocycles. The quantitative estimate of drug-likeness (QED) is 0.710. The number of rotatable bonds is 2. The second kappa shape index (κ2) is 5.19. The van der Waals surface area contributed by atoms with Crippen molar-refractivity contribution in [1.29, 1.82) is 0 Å². The van der Waals surface area contributed by atoms with Crippen LogP contribution in [0.5, 0.6) is 0 Å². The molecule has 1 heterocycles. The van der Waals surface area contributed by atoms with Crippen LogP contribution < -0.4 is 11.1 Å². The third-order valence-electron chi connectivity index (χ3n) is 3.00. The summed E-state index contributed by atoms with van der Waals surface area (Å²) in [6.45, 7) is 0. The number of nitrogens with two attached hydrogens (primary N) is 1. The van der Waals surface area contributed by atoms with Crippen molar-refractivity contribution in [2.45, 2.75) is 0 Å². The molecular formula is C15H11Cl2N3. The van der Waals surface area contributed by atoms with Crippen LogP contribution in [0.4, 0.5) is 17.3 Å². The van der Waals surface area contributed by atoms with Gasteiger partial charge in [-0.15, -0.1) is 0 Å². The van der Waals surface area contributed by atoms with Gasteiger partial charge in [0.25, 0.3) is 0 Å². The number of benzene rings is 2. The Kier molecular flexibility index (Phi) is 3.38. The number of nitrogens with one attached hydrogen (secondary N) is 1. The van der Waals surface area contributed by atoms with Gasteiger partial charge in [0.15, 0.2) is 5.82 Å². The van der Waals surface area contributed by atoms with Crippen molar-refractivity contribution < 1.29 is 0 Å². The fourth-order valence-electron chi connectivity index (χ4n) is 2.03. The molecule has 0 unspecified atom stereocenters. The Morgan fingerprint density at radius 2 is 1.70 bits per heavy atom. The van der Waals surface area contributed by atoms with Gasteiger partial charge in [-0.05, 0) is 17.5 Å². The first kappa shape index (κ1) is 13.0. The second-order valence-electron chi connectivity index (χ2n) is 4.34. The summed E-state index contributed by atoms with van der Waals surface area (Å²) in [6.07, 6.45) is 0. The molecule has 0 saturated heterocycles. The Morgan fingerprint density at radius 3 is 2.55 bits per heavy atom. The first-order valence-electron chi connectivity index (χ1n) is 6.01. The molecule has 5 heteroatoms. The molecule has 0 amide bonds. The molecule has 0 aliphatic rings. The van der Waals surface area contributed by atoms with Crippen LogP contribution in [0, 0.1) is 0 Å². The van der Waals surface area contributed by atoms with E-state index in [0.29, 0.717) is 15.9 Å². The lowest BCUT2D eigenvalue weighted by Gasteiger charge is -2.11. The topological polar surface area (TPSA) is 50.9 Å². The summed E-state index contributed by atoms with van der Waals surface area (Å²) in [5, 5.41) is 6.19. The van der Waals surface area contributed by atoms with E-state index in [1.165, 1.54) is 0 Å². The smallest absolute Gasteiger partial charge is 0.151 e. The number of hydrogen-bond acceptors (Lipinski definition) is 3. The van der Waals surface area contributed by atoms with Gasteiger partial charge in [0, 0.05) is 11.1 Å². The molecule has 0 radical (unpaired) electrons. The summed E-state index contributed by atoms with van der Waals surface area (Å²) >= 11 is 12.0. The number of nitrogen functional groups attached to an aromatic ring is 1. The molecule has 0 saturated carbocycles. The number of nitrogens with zero attached hydrogens (tertiary/aromatic N) is 1. The minimum Gasteiger partial charge on any atom is -0.382 e. The SMILES string of the molecule is Nc1nc(Nc2cccc3ccccc23)c(Cl)cc1Cl. The Hall–Kier alpha value is -1.97. The average molecular weight is 304 g/mol. The fourth-order valence-corrected chi connectivity index (χ4v) is 2.44. The van der Waals surface area contributed by atoms with Gasteiger partial charge in [-0.1, -0.05) is 59.6 Å². The lowest BCUT2D eigenvalue weighted by atomic mass is 10.1. The molecule has 0 aliphatic heterocycles. The van der Waals surface area contributed by atoms with Crippen molar-refractivity contribution in [3.63, 3.8) is 0 Å². The molecular weight excluding hydrogens is 293 g/mol. The number of pyridine rings is 1. The van der Waals surface area contributed by atoms with E-state index in [1.807, 2.05) is 42.5 Å². The predicted molar refractivity (Wildman–Crippen MR) is 85.9 cm³/mol. The van der Waals surface area contributed by atoms with E-state index in [1.54, 1.807) is 6.07 Å². The van der Waals surface area contributed by atoms with Crippen molar-refractivity contribution in [2.75, 3.05) is 11.1 Å².